The molecule has 0 aliphatic rings. The van der Waals surface area contributed by atoms with Gasteiger partial charge < -0.3 is 25.4 Å². The molecule has 4 N–H and O–H groups in total. The zero-order chi connectivity index (χ0) is 20.9. The van der Waals surface area contributed by atoms with Gasteiger partial charge in [-0.3, -0.25) is 10.1 Å². The fourth-order valence-electron chi connectivity index (χ4n) is 2.13. The molecule has 27 heavy (non-hydrogen) atoms. The number of ether oxygens (including phenoxy) is 1. The summed E-state index contributed by atoms with van der Waals surface area (Å²) in [5, 5.41) is 42.2. The number of alkyl carbamates (subject to hydrolysis) is 1. The average molecular weight is 388 g/mol. The number of rotatable bonds is 7. The third kappa shape index (κ3) is 6.46. The van der Waals surface area contributed by atoms with Gasteiger partial charge in [-0.1, -0.05) is 0 Å². The van der Waals surface area contributed by atoms with Gasteiger partial charge in [0.05, 0.1) is 11.0 Å². The molecule has 0 aromatic heterocycles. The summed E-state index contributed by atoms with van der Waals surface area (Å²) in [4.78, 5) is 32.4. The van der Waals surface area contributed by atoms with Crippen molar-refractivity contribution >= 4 is 17.7 Å². The number of carboxylic acid groups (broad SMARTS) is 1. The Morgan fingerprint density at radius 1 is 1.33 bits per heavy atom. The molecule has 1 aromatic carbocycles. The van der Waals surface area contributed by atoms with Crippen LogP contribution in [0.25, 0.3) is 0 Å². The van der Waals surface area contributed by atoms with Gasteiger partial charge in [0.15, 0.2) is 0 Å². The van der Waals surface area contributed by atoms with Crippen molar-refractivity contribution in [3.8, 4) is 0 Å². The summed E-state index contributed by atoms with van der Waals surface area (Å²) in [5.41, 5.74) is -3.15. The molecular formula is C16H21FN2O8. The van der Waals surface area contributed by atoms with E-state index in [2.05, 4.69) is 5.32 Å². The molecule has 0 heterocycles. The Kier molecular flexibility index (Phi) is 7.20. The summed E-state index contributed by atoms with van der Waals surface area (Å²) in [5.74, 6) is -2.92. The number of nitrogens with zero attached hydrogens (tertiary/aromatic N) is 1. The summed E-state index contributed by atoms with van der Waals surface area (Å²) in [6, 6.07) is 0.971. The zero-order valence-electron chi connectivity index (χ0n) is 14.9. The molecule has 0 saturated carbocycles. The molecule has 1 rings (SSSR count). The van der Waals surface area contributed by atoms with Gasteiger partial charge in [0.2, 0.25) is 0 Å². The minimum Gasteiger partial charge on any atom is -0.477 e. The third-order valence-electron chi connectivity index (χ3n) is 3.33. The number of nitro groups is 1. The topological polar surface area (TPSA) is 159 Å². The highest BCUT2D eigenvalue weighted by Gasteiger charge is 2.29. The second kappa shape index (κ2) is 8.73. The Hall–Kier alpha value is -2.79. The fourth-order valence-corrected chi connectivity index (χ4v) is 2.13. The summed E-state index contributed by atoms with van der Waals surface area (Å²) >= 11 is 0. The SMILES string of the molecule is CC(C)(C)OC(=O)NCCC(O)C(O)c1cc([N+](=O)[O-])c(C(=O)O)cc1F. The number of hydrogen-bond donors (Lipinski definition) is 4. The number of carbonyl (C=O) groups excluding carboxylic acids is 1. The number of aliphatic hydroxyl groups is 2. The van der Waals surface area contributed by atoms with Gasteiger partial charge in [-0.2, -0.15) is 0 Å². The molecule has 2 atom stereocenters. The van der Waals surface area contributed by atoms with Crippen LogP contribution in [-0.4, -0.2) is 50.6 Å². The molecule has 0 fully saturated rings. The zero-order valence-corrected chi connectivity index (χ0v) is 14.9. The van der Waals surface area contributed by atoms with Gasteiger partial charge >= 0.3 is 12.1 Å². The van der Waals surface area contributed by atoms with E-state index < -0.39 is 57.4 Å². The first-order valence-corrected chi connectivity index (χ1v) is 7.87. The van der Waals surface area contributed by atoms with E-state index in [-0.39, 0.29) is 13.0 Å². The van der Waals surface area contributed by atoms with E-state index in [9.17, 15) is 34.3 Å². The number of carbonyl (C=O) groups is 2. The predicted molar refractivity (Wildman–Crippen MR) is 89.8 cm³/mol. The van der Waals surface area contributed by atoms with Crippen LogP contribution < -0.4 is 5.32 Å². The third-order valence-corrected chi connectivity index (χ3v) is 3.33. The van der Waals surface area contributed by atoms with Crippen LogP contribution in [0.2, 0.25) is 0 Å². The van der Waals surface area contributed by atoms with Crippen molar-refractivity contribution in [1.29, 1.82) is 0 Å². The lowest BCUT2D eigenvalue weighted by molar-refractivity contribution is -0.385. The van der Waals surface area contributed by atoms with Gasteiger partial charge in [-0.15, -0.1) is 0 Å². The fraction of sp³-hybridized carbons (Fsp3) is 0.500. The van der Waals surface area contributed by atoms with Crippen molar-refractivity contribution in [3.63, 3.8) is 0 Å². The molecule has 0 spiro atoms. The summed E-state index contributed by atoms with van der Waals surface area (Å²) < 4.78 is 19.0. The molecular weight excluding hydrogens is 367 g/mol. The Morgan fingerprint density at radius 2 is 1.93 bits per heavy atom. The second-order valence-electron chi connectivity index (χ2n) is 6.68. The summed E-state index contributed by atoms with van der Waals surface area (Å²) in [6.45, 7) is 4.84. The number of hydrogen-bond acceptors (Lipinski definition) is 7. The second-order valence-corrected chi connectivity index (χ2v) is 6.68. The van der Waals surface area contributed by atoms with Crippen LogP contribution in [0.5, 0.6) is 0 Å². The Morgan fingerprint density at radius 3 is 2.41 bits per heavy atom. The molecule has 0 aliphatic heterocycles. The first-order chi connectivity index (χ1) is 12.3. The van der Waals surface area contributed by atoms with Gasteiger partial charge in [0, 0.05) is 18.2 Å². The van der Waals surface area contributed by atoms with Gasteiger partial charge in [0.1, 0.15) is 23.1 Å². The number of carboxylic acids is 1. The molecule has 150 valence electrons. The summed E-state index contributed by atoms with van der Waals surface area (Å²) in [6.07, 6.45) is -4.41. The van der Waals surface area contributed by atoms with Crippen LogP contribution in [0.1, 0.15) is 49.2 Å². The largest absolute Gasteiger partial charge is 0.477 e. The number of halogens is 1. The lowest BCUT2D eigenvalue weighted by Gasteiger charge is -2.21. The standard InChI is InChI=1S/C16H21FN2O8/c1-16(2,3)27-15(24)18-5-4-12(20)13(21)8-7-11(19(25)26)9(14(22)23)6-10(8)17/h6-7,12-13,20-21H,4-5H2,1-3H3,(H,18,24)(H,22,23). The number of nitro benzene ring substituents is 1. The molecule has 0 saturated heterocycles. The number of aliphatic hydroxyl groups excluding tert-OH is 2. The number of amides is 1. The number of nitrogens with one attached hydrogen (secondary N) is 1. The quantitative estimate of drug-likeness (QED) is 0.406. The number of aromatic carboxylic acids is 1. The lowest BCUT2D eigenvalue weighted by atomic mass is 9.98. The highest BCUT2D eigenvalue weighted by atomic mass is 19.1. The number of benzene rings is 1. The monoisotopic (exact) mass is 388 g/mol. The van der Waals surface area contributed by atoms with E-state index >= 15 is 0 Å². The normalized spacial score (nSPS) is 13.6. The molecule has 1 amide bonds. The molecule has 1 aromatic rings. The lowest BCUT2D eigenvalue weighted by Crippen LogP contribution is -2.34. The predicted octanol–water partition coefficient (Wildman–Crippen LogP) is 1.74. The molecule has 0 aliphatic carbocycles. The van der Waals surface area contributed by atoms with E-state index in [1.807, 2.05) is 0 Å². The Labute approximate surface area is 153 Å². The maximum atomic E-state index is 14.1. The summed E-state index contributed by atoms with van der Waals surface area (Å²) in [7, 11) is 0. The van der Waals surface area contributed by atoms with Gasteiger partial charge in [-0.05, 0) is 33.3 Å². The van der Waals surface area contributed by atoms with Crippen LogP contribution in [0.3, 0.4) is 0 Å². The van der Waals surface area contributed by atoms with E-state index in [0.29, 0.717) is 12.1 Å². The van der Waals surface area contributed by atoms with Crippen LogP contribution in [0, 0.1) is 15.9 Å². The first-order valence-electron chi connectivity index (χ1n) is 7.87. The van der Waals surface area contributed by atoms with Crippen molar-refractivity contribution in [3.05, 3.63) is 39.2 Å². The van der Waals surface area contributed by atoms with E-state index in [1.54, 1.807) is 20.8 Å². The van der Waals surface area contributed by atoms with Gasteiger partial charge in [-0.25, -0.2) is 14.0 Å². The minimum absolute atomic E-state index is 0.121. The van der Waals surface area contributed by atoms with E-state index in [0.717, 1.165) is 0 Å². The molecule has 0 bridgehead atoms. The van der Waals surface area contributed by atoms with Crippen LogP contribution in [-0.2, 0) is 4.74 Å². The molecule has 2 unspecified atom stereocenters. The smallest absolute Gasteiger partial charge is 0.407 e. The maximum Gasteiger partial charge on any atom is 0.407 e. The maximum absolute atomic E-state index is 14.1. The first kappa shape index (κ1) is 22.3. The minimum atomic E-state index is -1.87. The average Bonchev–Trinajstić information content (AvgIpc) is 2.51. The van der Waals surface area contributed by atoms with E-state index in [1.165, 1.54) is 0 Å². The highest BCUT2D eigenvalue weighted by Crippen LogP contribution is 2.29. The highest BCUT2D eigenvalue weighted by molar-refractivity contribution is 5.92. The Bertz CT molecular complexity index is 732. The van der Waals surface area contributed by atoms with Crippen LogP contribution >= 0.6 is 0 Å². The molecule has 11 heteroatoms. The van der Waals surface area contributed by atoms with Crippen molar-refractivity contribution in [2.45, 2.75) is 45.0 Å². The molecule has 10 nitrogen and oxygen atoms in total. The van der Waals surface area contributed by atoms with E-state index in [4.69, 9.17) is 9.84 Å². The van der Waals surface area contributed by atoms with Crippen molar-refractivity contribution in [2.75, 3.05) is 6.54 Å². The van der Waals surface area contributed by atoms with Crippen molar-refractivity contribution in [1.82, 2.24) is 5.32 Å². The van der Waals surface area contributed by atoms with Crippen LogP contribution in [0.4, 0.5) is 14.9 Å². The van der Waals surface area contributed by atoms with Gasteiger partial charge in [0.25, 0.3) is 5.69 Å². The Balaban J connectivity index is 2.85. The van der Waals surface area contributed by atoms with Crippen LogP contribution in [0.15, 0.2) is 12.1 Å². The van der Waals surface area contributed by atoms with Crippen molar-refractivity contribution < 1.29 is 39.0 Å². The van der Waals surface area contributed by atoms with Crippen molar-refractivity contribution in [2.24, 2.45) is 0 Å². The molecule has 0 radical (unpaired) electrons.